The van der Waals surface area contributed by atoms with Gasteiger partial charge < -0.3 is 19.7 Å². The van der Waals surface area contributed by atoms with E-state index in [4.69, 9.17) is 21.1 Å². The Hall–Kier alpha value is -2.85. The molecule has 0 aliphatic carbocycles. The highest BCUT2D eigenvalue weighted by molar-refractivity contribution is 6.31. The van der Waals surface area contributed by atoms with Crippen LogP contribution in [0.1, 0.15) is 47.3 Å². The molecule has 0 radical (unpaired) electrons. The summed E-state index contributed by atoms with van der Waals surface area (Å²) in [7, 11) is 0. The van der Waals surface area contributed by atoms with E-state index in [0.29, 0.717) is 35.5 Å². The van der Waals surface area contributed by atoms with E-state index in [-0.39, 0.29) is 29.3 Å². The van der Waals surface area contributed by atoms with Gasteiger partial charge in [-0.25, -0.2) is 18.7 Å². The van der Waals surface area contributed by atoms with Gasteiger partial charge in [0.15, 0.2) is 6.61 Å². The molecule has 2 aliphatic rings. The number of hydrogen-bond donors (Lipinski definition) is 1. The van der Waals surface area contributed by atoms with Gasteiger partial charge in [0.25, 0.3) is 18.2 Å². The third-order valence-corrected chi connectivity index (χ3v) is 5.73. The van der Waals surface area contributed by atoms with Crippen molar-refractivity contribution in [2.24, 2.45) is 0 Å². The third kappa shape index (κ3) is 4.51. The van der Waals surface area contributed by atoms with Gasteiger partial charge in [-0.3, -0.25) is 9.59 Å². The molecule has 170 valence electrons. The first-order valence-electron chi connectivity index (χ1n) is 10.1. The predicted molar refractivity (Wildman–Crippen MR) is 111 cm³/mol. The minimum absolute atomic E-state index is 0.0744. The molecule has 4 rings (SSSR count). The maximum Gasteiger partial charge on any atom is 0.272 e. The molecular weight excluding hydrogens is 446 g/mol. The van der Waals surface area contributed by atoms with E-state index in [1.807, 2.05) is 0 Å². The normalized spacial score (nSPS) is 18.7. The van der Waals surface area contributed by atoms with Crippen molar-refractivity contribution in [1.29, 1.82) is 0 Å². The number of carbonyl (C=O) groups excluding carboxylic acids is 2. The number of aromatic nitrogens is 2. The van der Waals surface area contributed by atoms with Crippen molar-refractivity contribution in [2.45, 2.75) is 44.9 Å². The van der Waals surface area contributed by atoms with Gasteiger partial charge in [0.2, 0.25) is 5.88 Å². The Morgan fingerprint density at radius 3 is 2.94 bits per heavy atom. The Bertz CT molecular complexity index is 1030. The van der Waals surface area contributed by atoms with E-state index in [0.717, 1.165) is 6.42 Å². The van der Waals surface area contributed by atoms with Crippen LogP contribution in [0.2, 0.25) is 5.02 Å². The molecule has 2 aromatic rings. The molecule has 2 aliphatic heterocycles. The summed E-state index contributed by atoms with van der Waals surface area (Å²) in [5.41, 5.74) is 1.68. The van der Waals surface area contributed by atoms with E-state index in [1.165, 1.54) is 18.5 Å². The van der Waals surface area contributed by atoms with E-state index in [1.54, 1.807) is 17.9 Å². The number of ether oxygens (including phenoxy) is 2. The van der Waals surface area contributed by atoms with Crippen molar-refractivity contribution >= 4 is 29.2 Å². The fraction of sp³-hybridized carbons (Fsp3) is 0.429. The van der Waals surface area contributed by atoms with Crippen LogP contribution in [0.25, 0.3) is 0 Å². The van der Waals surface area contributed by atoms with Crippen LogP contribution in [0.3, 0.4) is 0 Å². The number of halogens is 3. The number of carbonyl (C=O) groups is 2. The number of pyridine rings is 2. The van der Waals surface area contributed by atoms with Crippen molar-refractivity contribution in [1.82, 2.24) is 14.9 Å². The van der Waals surface area contributed by atoms with Crippen molar-refractivity contribution in [2.75, 3.05) is 18.5 Å². The fourth-order valence-electron chi connectivity index (χ4n) is 3.75. The second-order valence-electron chi connectivity index (χ2n) is 7.54. The smallest absolute Gasteiger partial charge is 0.272 e. The van der Waals surface area contributed by atoms with Gasteiger partial charge >= 0.3 is 0 Å². The quantitative estimate of drug-likeness (QED) is 0.670. The zero-order valence-electron chi connectivity index (χ0n) is 17.2. The van der Waals surface area contributed by atoms with Gasteiger partial charge in [-0.15, -0.1) is 0 Å². The Labute approximate surface area is 187 Å². The lowest BCUT2D eigenvalue weighted by molar-refractivity contribution is -0.124. The number of nitrogens with one attached hydrogen (secondary N) is 1. The molecular formula is C21H21ClF2N4O4. The second-order valence-corrected chi connectivity index (χ2v) is 7.95. The molecule has 2 aromatic heterocycles. The van der Waals surface area contributed by atoms with E-state index >= 15 is 0 Å². The van der Waals surface area contributed by atoms with Crippen LogP contribution >= 0.6 is 11.6 Å². The largest absolute Gasteiger partial charge is 0.471 e. The van der Waals surface area contributed by atoms with Crippen molar-refractivity contribution < 1.29 is 27.8 Å². The van der Waals surface area contributed by atoms with Gasteiger partial charge in [-0.05, 0) is 37.5 Å². The number of hydrogen-bond acceptors (Lipinski definition) is 6. The van der Waals surface area contributed by atoms with Crippen LogP contribution in [-0.2, 0) is 16.1 Å². The summed E-state index contributed by atoms with van der Waals surface area (Å²) >= 11 is 6.13. The molecule has 1 N–H and O–H groups in total. The van der Waals surface area contributed by atoms with Gasteiger partial charge in [-0.2, -0.15) is 0 Å². The lowest BCUT2D eigenvalue weighted by Crippen LogP contribution is -2.28. The Morgan fingerprint density at radius 1 is 1.44 bits per heavy atom. The number of amides is 2. The molecule has 2 unspecified atom stereocenters. The van der Waals surface area contributed by atoms with Crippen molar-refractivity contribution in [3.05, 3.63) is 46.2 Å². The number of rotatable bonds is 7. The summed E-state index contributed by atoms with van der Waals surface area (Å²) in [5.74, 6) is -0.269. The number of fused-ring (bicyclic) bond motifs is 1. The van der Waals surface area contributed by atoms with Crippen LogP contribution in [0.15, 0.2) is 24.5 Å². The fourth-order valence-corrected chi connectivity index (χ4v) is 3.98. The van der Waals surface area contributed by atoms with Crippen molar-refractivity contribution in [3.8, 4) is 5.88 Å². The minimum atomic E-state index is -2.64. The first-order valence-corrected chi connectivity index (χ1v) is 10.5. The Morgan fingerprint density at radius 2 is 2.25 bits per heavy atom. The molecule has 8 nitrogen and oxygen atoms in total. The van der Waals surface area contributed by atoms with E-state index < -0.39 is 25.2 Å². The van der Waals surface area contributed by atoms with Crippen LogP contribution in [-0.4, -0.2) is 52.4 Å². The van der Waals surface area contributed by atoms with Crippen LogP contribution in [0.4, 0.5) is 14.6 Å². The number of alkyl halides is 2. The molecule has 11 heteroatoms. The highest BCUT2D eigenvalue weighted by Crippen LogP contribution is 2.35. The molecule has 4 heterocycles. The molecule has 0 spiro atoms. The number of nitrogens with zero attached hydrogens (tertiary/aromatic N) is 3. The lowest BCUT2D eigenvalue weighted by atomic mass is 10.1. The molecule has 1 saturated heterocycles. The summed E-state index contributed by atoms with van der Waals surface area (Å²) in [5, 5.41) is 2.85. The van der Waals surface area contributed by atoms with Gasteiger partial charge in [0.05, 0.1) is 12.6 Å². The highest BCUT2D eigenvalue weighted by atomic mass is 35.5. The maximum absolute atomic E-state index is 13.0. The monoisotopic (exact) mass is 466 g/mol. The summed E-state index contributed by atoms with van der Waals surface area (Å²) in [6, 6.07) is 2.72. The van der Waals surface area contributed by atoms with Crippen LogP contribution in [0.5, 0.6) is 5.88 Å². The molecule has 2 amide bonds. The maximum atomic E-state index is 13.0. The molecule has 0 bridgehead atoms. The van der Waals surface area contributed by atoms with Crippen LogP contribution in [0, 0.1) is 0 Å². The summed E-state index contributed by atoms with van der Waals surface area (Å²) < 4.78 is 35.0. The zero-order valence-corrected chi connectivity index (χ0v) is 17.9. The highest BCUT2D eigenvalue weighted by Gasteiger charge is 2.35. The topological polar surface area (TPSA) is 93.7 Å². The average molecular weight is 467 g/mol. The molecule has 0 aromatic carbocycles. The molecule has 0 saturated carbocycles. The first-order chi connectivity index (χ1) is 15.3. The molecule has 1 fully saturated rings. The van der Waals surface area contributed by atoms with Gasteiger partial charge in [0.1, 0.15) is 16.9 Å². The molecule has 32 heavy (non-hydrogen) atoms. The standard InChI is InChI=1S/C21H21ClF2N4O4/c1-11(12-7-15(22)20(26-8-12)32-10-17(23)24)28-9-14-13(21(28)30)4-5-25-18(14)27-19(29)16-3-2-6-31-16/h4-5,7-8,11,16-17H,2-3,6,9-10H2,1H3,(H,25,27,29). The number of anilines is 1. The summed E-state index contributed by atoms with van der Waals surface area (Å²) in [6.07, 6.45) is 1.23. The second kappa shape index (κ2) is 9.33. The Balaban J connectivity index is 1.50. The van der Waals surface area contributed by atoms with Crippen LogP contribution < -0.4 is 10.1 Å². The van der Waals surface area contributed by atoms with E-state index in [2.05, 4.69) is 15.3 Å². The summed E-state index contributed by atoms with van der Waals surface area (Å²) in [6.45, 7) is 1.76. The molecule has 2 atom stereocenters. The first kappa shape index (κ1) is 22.3. The van der Waals surface area contributed by atoms with Crippen molar-refractivity contribution in [3.63, 3.8) is 0 Å². The SMILES string of the molecule is CC(c1cnc(OCC(F)F)c(Cl)c1)N1Cc2c(ccnc2NC(=O)C2CCCO2)C1=O. The van der Waals surface area contributed by atoms with E-state index in [9.17, 15) is 18.4 Å². The predicted octanol–water partition coefficient (Wildman–Crippen LogP) is 3.61. The Kier molecular flexibility index (Phi) is 6.52. The lowest BCUT2D eigenvalue weighted by Gasteiger charge is -2.25. The average Bonchev–Trinajstić information content (AvgIpc) is 3.42. The zero-order chi connectivity index (χ0) is 22.8. The third-order valence-electron chi connectivity index (χ3n) is 5.46. The summed E-state index contributed by atoms with van der Waals surface area (Å²) in [4.78, 5) is 35.3. The van der Waals surface area contributed by atoms with Gasteiger partial charge in [0, 0.05) is 30.1 Å². The van der Waals surface area contributed by atoms with Gasteiger partial charge in [-0.1, -0.05) is 11.6 Å². The minimum Gasteiger partial charge on any atom is -0.471 e.